The quantitative estimate of drug-likeness (QED) is 0.583. The third-order valence-corrected chi connectivity index (χ3v) is 5.49. The van der Waals surface area contributed by atoms with Crippen molar-refractivity contribution < 1.29 is 15.0 Å². The maximum absolute atomic E-state index is 11.4. The van der Waals surface area contributed by atoms with Gasteiger partial charge in [0.1, 0.15) is 6.29 Å². The first-order chi connectivity index (χ1) is 8.42. The Bertz CT molecular complexity index is 352. The summed E-state index contributed by atoms with van der Waals surface area (Å²) in [4.78, 5) is 11.4. The number of aldehydes is 1. The molecule has 18 heavy (non-hydrogen) atoms. The lowest BCUT2D eigenvalue weighted by Gasteiger charge is -2.48. The van der Waals surface area contributed by atoms with Crippen molar-refractivity contribution in [1.29, 1.82) is 0 Å². The van der Waals surface area contributed by atoms with Gasteiger partial charge in [0, 0.05) is 5.92 Å². The van der Waals surface area contributed by atoms with Gasteiger partial charge in [-0.1, -0.05) is 19.1 Å². The monoisotopic (exact) mass is 252 g/mol. The number of rotatable bonds is 2. The molecule has 2 aliphatic carbocycles. The lowest BCUT2D eigenvalue weighted by Crippen LogP contribution is -2.52. The van der Waals surface area contributed by atoms with Gasteiger partial charge in [-0.15, -0.1) is 0 Å². The normalized spacial score (nSPS) is 48.3. The Balaban J connectivity index is 2.28. The number of carbonyl (C=O) groups excluding carboxylic acids is 1. The highest BCUT2D eigenvalue weighted by molar-refractivity contribution is 5.56. The van der Waals surface area contributed by atoms with Gasteiger partial charge >= 0.3 is 0 Å². The summed E-state index contributed by atoms with van der Waals surface area (Å²) < 4.78 is 0. The summed E-state index contributed by atoms with van der Waals surface area (Å²) in [5.41, 5.74) is 1.04. The molecule has 0 bridgehead atoms. The molecule has 6 atom stereocenters. The molecule has 0 saturated heterocycles. The molecule has 2 N–H and O–H groups in total. The zero-order valence-corrected chi connectivity index (χ0v) is 11.3. The van der Waals surface area contributed by atoms with Crippen molar-refractivity contribution in [1.82, 2.24) is 0 Å². The molecule has 1 spiro atoms. The van der Waals surface area contributed by atoms with Crippen LogP contribution in [0, 0.1) is 23.2 Å². The number of hydrogen-bond acceptors (Lipinski definition) is 3. The summed E-state index contributed by atoms with van der Waals surface area (Å²) in [6.45, 7) is 8.04. The predicted octanol–water partition coefficient (Wildman–Crippen LogP) is 1.93. The molecule has 3 heteroatoms. The molecule has 3 nitrogen and oxygen atoms in total. The minimum absolute atomic E-state index is 0.0270. The van der Waals surface area contributed by atoms with E-state index in [1.165, 1.54) is 5.57 Å². The summed E-state index contributed by atoms with van der Waals surface area (Å²) in [6.07, 6.45) is 2.86. The molecule has 0 amide bonds. The van der Waals surface area contributed by atoms with Gasteiger partial charge in [0.25, 0.3) is 0 Å². The van der Waals surface area contributed by atoms with E-state index in [4.69, 9.17) is 0 Å². The predicted molar refractivity (Wildman–Crippen MR) is 69.9 cm³/mol. The van der Waals surface area contributed by atoms with Gasteiger partial charge in [0.2, 0.25) is 0 Å². The molecule has 2 saturated carbocycles. The summed E-state index contributed by atoms with van der Waals surface area (Å²) >= 11 is 0. The number of hydrogen-bond donors (Lipinski definition) is 2. The molecule has 102 valence electrons. The highest BCUT2D eigenvalue weighted by Crippen LogP contribution is 2.57. The van der Waals surface area contributed by atoms with Gasteiger partial charge in [-0.3, -0.25) is 0 Å². The van der Waals surface area contributed by atoms with Crippen molar-refractivity contribution in [2.75, 3.05) is 0 Å². The van der Waals surface area contributed by atoms with Gasteiger partial charge in [0.05, 0.1) is 12.2 Å². The Hall–Kier alpha value is -0.670. The molecule has 0 aliphatic heterocycles. The summed E-state index contributed by atoms with van der Waals surface area (Å²) in [7, 11) is 0. The Morgan fingerprint density at radius 3 is 2.61 bits per heavy atom. The molecule has 0 unspecified atom stereocenters. The van der Waals surface area contributed by atoms with Crippen LogP contribution in [0.25, 0.3) is 0 Å². The molecular weight excluding hydrogens is 228 g/mol. The van der Waals surface area contributed by atoms with Crippen LogP contribution in [0.2, 0.25) is 0 Å². The molecule has 2 fully saturated rings. The molecule has 0 aromatic carbocycles. The first-order valence-corrected chi connectivity index (χ1v) is 6.89. The van der Waals surface area contributed by atoms with E-state index >= 15 is 0 Å². The van der Waals surface area contributed by atoms with E-state index in [1.807, 2.05) is 13.8 Å². The number of aliphatic hydroxyl groups is 2. The zero-order valence-electron chi connectivity index (χ0n) is 11.3. The van der Waals surface area contributed by atoms with Gasteiger partial charge in [-0.2, -0.15) is 0 Å². The lowest BCUT2D eigenvalue weighted by molar-refractivity contribution is -0.142. The highest BCUT2D eigenvalue weighted by atomic mass is 16.3. The van der Waals surface area contributed by atoms with Crippen LogP contribution in [-0.2, 0) is 4.79 Å². The van der Waals surface area contributed by atoms with Crippen LogP contribution >= 0.6 is 0 Å². The van der Waals surface area contributed by atoms with Crippen LogP contribution in [0.5, 0.6) is 0 Å². The average molecular weight is 252 g/mol. The Morgan fingerprint density at radius 1 is 1.44 bits per heavy atom. The second-order valence-electron chi connectivity index (χ2n) is 6.34. The van der Waals surface area contributed by atoms with Crippen LogP contribution in [-0.4, -0.2) is 28.7 Å². The molecule has 0 heterocycles. The van der Waals surface area contributed by atoms with Gasteiger partial charge in [-0.25, -0.2) is 0 Å². The smallest absolute Gasteiger partial charge is 0.123 e. The van der Waals surface area contributed by atoms with E-state index in [0.717, 1.165) is 25.5 Å². The minimum atomic E-state index is -0.760. The standard InChI is InChI=1S/C15H24O3/c1-9(2)11-4-5-15(7-11)10(3)14(18)13(17)6-12(15)8-16/h8,10-14,17-18H,1,4-7H2,2-3H3/t10-,11+,12-,13+,14+,15+/m0/s1. The zero-order chi connectivity index (χ0) is 13.5. The lowest BCUT2D eigenvalue weighted by atomic mass is 9.58. The maximum atomic E-state index is 11.4. The summed E-state index contributed by atoms with van der Waals surface area (Å²) in [5, 5.41) is 20.0. The molecule has 2 aliphatic rings. The van der Waals surface area contributed by atoms with E-state index in [-0.39, 0.29) is 17.3 Å². The van der Waals surface area contributed by atoms with Crippen molar-refractivity contribution >= 4 is 6.29 Å². The topological polar surface area (TPSA) is 57.5 Å². The first-order valence-electron chi connectivity index (χ1n) is 6.89. The number of carbonyl (C=O) groups is 1. The second kappa shape index (κ2) is 4.78. The van der Waals surface area contributed by atoms with Crippen molar-refractivity contribution in [2.24, 2.45) is 23.2 Å². The highest BCUT2D eigenvalue weighted by Gasteiger charge is 2.55. The molecule has 2 rings (SSSR count). The van der Waals surface area contributed by atoms with Gasteiger partial charge < -0.3 is 15.0 Å². The fourth-order valence-corrected chi connectivity index (χ4v) is 4.11. The number of allylic oxidation sites excluding steroid dienone is 1. The summed E-state index contributed by atoms with van der Waals surface area (Å²) in [5.74, 6) is 0.299. The van der Waals surface area contributed by atoms with Crippen LogP contribution in [0.15, 0.2) is 12.2 Å². The van der Waals surface area contributed by atoms with Crippen LogP contribution in [0.3, 0.4) is 0 Å². The Kier molecular flexibility index (Phi) is 3.65. The van der Waals surface area contributed by atoms with Crippen molar-refractivity contribution in [3.05, 3.63) is 12.2 Å². The third kappa shape index (κ3) is 1.94. The van der Waals surface area contributed by atoms with Crippen LogP contribution in [0.4, 0.5) is 0 Å². The van der Waals surface area contributed by atoms with E-state index < -0.39 is 12.2 Å². The molecule has 0 aromatic heterocycles. The molecule has 0 radical (unpaired) electrons. The van der Waals surface area contributed by atoms with Crippen molar-refractivity contribution in [3.8, 4) is 0 Å². The Labute approximate surface area is 109 Å². The van der Waals surface area contributed by atoms with Gasteiger partial charge in [-0.05, 0) is 49.9 Å². The molecule has 0 aromatic rings. The van der Waals surface area contributed by atoms with E-state index in [9.17, 15) is 15.0 Å². The van der Waals surface area contributed by atoms with Crippen LogP contribution < -0.4 is 0 Å². The first kappa shape index (κ1) is 13.8. The fourth-order valence-electron chi connectivity index (χ4n) is 4.11. The van der Waals surface area contributed by atoms with E-state index in [0.29, 0.717) is 12.3 Å². The van der Waals surface area contributed by atoms with Crippen LogP contribution in [0.1, 0.15) is 39.5 Å². The number of aliphatic hydroxyl groups excluding tert-OH is 2. The SMILES string of the molecule is C=C(C)[C@@H]1CC[C@]2(C1)[C@H](C=O)C[C@@H](O)[C@H](O)[C@@H]2C. The summed E-state index contributed by atoms with van der Waals surface area (Å²) in [6, 6.07) is 0. The fraction of sp³-hybridized carbons (Fsp3) is 0.800. The average Bonchev–Trinajstić information content (AvgIpc) is 2.78. The maximum Gasteiger partial charge on any atom is 0.123 e. The van der Waals surface area contributed by atoms with Crippen molar-refractivity contribution in [3.63, 3.8) is 0 Å². The van der Waals surface area contributed by atoms with Gasteiger partial charge in [0.15, 0.2) is 0 Å². The Morgan fingerprint density at radius 2 is 2.11 bits per heavy atom. The third-order valence-electron chi connectivity index (χ3n) is 5.49. The molecular formula is C15H24O3. The largest absolute Gasteiger partial charge is 0.390 e. The van der Waals surface area contributed by atoms with Crippen molar-refractivity contribution in [2.45, 2.75) is 51.7 Å². The minimum Gasteiger partial charge on any atom is -0.390 e. The van der Waals surface area contributed by atoms with E-state index in [2.05, 4.69) is 6.58 Å². The van der Waals surface area contributed by atoms with E-state index in [1.54, 1.807) is 0 Å². The second-order valence-corrected chi connectivity index (χ2v) is 6.34.